The first-order valence-corrected chi connectivity index (χ1v) is 10.5. The normalized spacial score (nSPS) is 14.6. The molecule has 1 N–H and O–H groups in total. The number of benzene rings is 3. The van der Waals surface area contributed by atoms with Gasteiger partial charge in [0.25, 0.3) is 5.91 Å². The fraction of sp³-hybridized carbons (Fsp3) is 0.120. The zero-order valence-corrected chi connectivity index (χ0v) is 18.2. The van der Waals surface area contributed by atoms with Crippen molar-refractivity contribution in [1.29, 1.82) is 0 Å². The number of carbonyl (C=O) groups is 1. The van der Waals surface area contributed by atoms with E-state index in [1.807, 2.05) is 25.1 Å². The largest absolute Gasteiger partial charge is 0.494 e. The predicted molar refractivity (Wildman–Crippen MR) is 126 cm³/mol. The quantitative estimate of drug-likeness (QED) is 0.404. The van der Waals surface area contributed by atoms with Crippen molar-refractivity contribution in [2.75, 3.05) is 11.5 Å². The van der Waals surface area contributed by atoms with Gasteiger partial charge in [0.1, 0.15) is 29.6 Å². The number of hydrogen-bond acceptors (Lipinski definition) is 4. The average Bonchev–Trinajstić information content (AvgIpc) is 3.08. The van der Waals surface area contributed by atoms with Crippen LogP contribution in [0.4, 0.5) is 10.1 Å². The molecule has 5 nitrogen and oxygen atoms in total. The van der Waals surface area contributed by atoms with E-state index in [0.717, 1.165) is 5.75 Å². The van der Waals surface area contributed by atoms with Crippen molar-refractivity contribution < 1.29 is 18.7 Å². The molecule has 0 bridgehead atoms. The van der Waals surface area contributed by atoms with Crippen LogP contribution in [0.25, 0.3) is 6.08 Å². The SMILES string of the molecule is CCOc1ccc(N2C(=O)C(=Cc3ccccc3OCc3ccccc3F)NC2=S)cc1. The van der Waals surface area contributed by atoms with Crippen molar-refractivity contribution >= 4 is 35.0 Å². The van der Waals surface area contributed by atoms with Gasteiger partial charge in [0, 0.05) is 11.1 Å². The minimum atomic E-state index is -0.327. The summed E-state index contributed by atoms with van der Waals surface area (Å²) in [6, 6.07) is 20.9. The summed E-state index contributed by atoms with van der Waals surface area (Å²) in [6.45, 7) is 2.55. The molecule has 1 aliphatic rings. The highest BCUT2D eigenvalue weighted by atomic mass is 32.1. The summed E-state index contributed by atoms with van der Waals surface area (Å²) in [4.78, 5) is 14.5. The van der Waals surface area contributed by atoms with Crippen LogP contribution in [0, 0.1) is 5.82 Å². The molecule has 0 radical (unpaired) electrons. The molecule has 1 heterocycles. The number of carbonyl (C=O) groups excluding carboxylic acids is 1. The van der Waals surface area contributed by atoms with Crippen molar-refractivity contribution in [3.63, 3.8) is 0 Å². The molecule has 0 atom stereocenters. The van der Waals surface area contributed by atoms with Gasteiger partial charge in [-0.1, -0.05) is 36.4 Å². The van der Waals surface area contributed by atoms with E-state index in [9.17, 15) is 9.18 Å². The van der Waals surface area contributed by atoms with Crippen LogP contribution >= 0.6 is 12.2 Å². The number of para-hydroxylation sites is 1. The summed E-state index contributed by atoms with van der Waals surface area (Å²) in [7, 11) is 0. The fourth-order valence-electron chi connectivity index (χ4n) is 3.29. The Morgan fingerprint density at radius 2 is 1.72 bits per heavy atom. The fourth-order valence-corrected chi connectivity index (χ4v) is 3.58. The molecule has 1 amide bonds. The molecule has 4 rings (SSSR count). The van der Waals surface area contributed by atoms with Gasteiger partial charge in [0.05, 0.1) is 12.3 Å². The molecule has 3 aromatic rings. The molecule has 7 heteroatoms. The molecule has 0 spiro atoms. The second-order valence-corrected chi connectivity index (χ2v) is 7.36. The smallest absolute Gasteiger partial charge is 0.281 e. The number of amides is 1. The molecule has 1 saturated heterocycles. The highest BCUT2D eigenvalue weighted by Crippen LogP contribution is 2.27. The maximum atomic E-state index is 13.9. The van der Waals surface area contributed by atoms with Gasteiger partial charge < -0.3 is 14.8 Å². The molecule has 0 aromatic heterocycles. The van der Waals surface area contributed by atoms with Gasteiger partial charge in [-0.3, -0.25) is 9.69 Å². The Bertz CT molecular complexity index is 1180. The third-order valence-electron chi connectivity index (χ3n) is 4.84. The lowest BCUT2D eigenvalue weighted by molar-refractivity contribution is -0.113. The molecular weight excluding hydrogens is 427 g/mol. The zero-order valence-electron chi connectivity index (χ0n) is 17.4. The molecule has 32 heavy (non-hydrogen) atoms. The van der Waals surface area contributed by atoms with Crippen molar-refractivity contribution in [3.05, 3.63) is 95.4 Å². The minimum absolute atomic E-state index is 0.0744. The van der Waals surface area contributed by atoms with Crippen LogP contribution in [0.2, 0.25) is 0 Å². The molecular formula is C25H21FN2O3S. The first-order valence-electron chi connectivity index (χ1n) is 10.1. The molecule has 1 aliphatic heterocycles. The maximum Gasteiger partial charge on any atom is 0.281 e. The first-order chi connectivity index (χ1) is 15.6. The maximum absolute atomic E-state index is 13.9. The van der Waals surface area contributed by atoms with Gasteiger partial charge in [0.2, 0.25) is 0 Å². The molecule has 0 unspecified atom stereocenters. The number of ether oxygens (including phenoxy) is 2. The number of rotatable bonds is 7. The van der Waals surface area contributed by atoms with Gasteiger partial charge in [-0.15, -0.1) is 0 Å². The summed E-state index contributed by atoms with van der Waals surface area (Å²) in [5, 5.41) is 3.26. The van der Waals surface area contributed by atoms with E-state index in [0.29, 0.717) is 34.9 Å². The van der Waals surface area contributed by atoms with Crippen molar-refractivity contribution in [3.8, 4) is 11.5 Å². The average molecular weight is 449 g/mol. The third-order valence-corrected chi connectivity index (χ3v) is 5.13. The van der Waals surface area contributed by atoms with Gasteiger partial charge in [-0.05, 0) is 61.6 Å². The lowest BCUT2D eigenvalue weighted by Crippen LogP contribution is -2.30. The standard InChI is InChI=1S/C25H21FN2O3S/c1-2-30-20-13-11-19(12-14-20)28-24(29)22(27-25(28)32)15-17-7-4-6-10-23(17)31-16-18-8-3-5-9-21(18)26/h3-15H,2,16H2,1H3,(H,27,32). The van der Waals surface area contributed by atoms with Gasteiger partial charge in [-0.25, -0.2) is 4.39 Å². The van der Waals surface area contributed by atoms with Gasteiger partial charge >= 0.3 is 0 Å². The number of hydrogen-bond donors (Lipinski definition) is 1. The minimum Gasteiger partial charge on any atom is -0.494 e. The predicted octanol–water partition coefficient (Wildman–Crippen LogP) is 5.07. The van der Waals surface area contributed by atoms with Crippen LogP contribution in [0.15, 0.2) is 78.5 Å². The van der Waals surface area contributed by atoms with Crippen LogP contribution in [-0.4, -0.2) is 17.6 Å². The number of thiocarbonyl (C=S) groups is 1. The summed E-state index contributed by atoms with van der Waals surface area (Å²) in [6.07, 6.45) is 1.68. The van der Waals surface area contributed by atoms with Gasteiger partial charge in [0.15, 0.2) is 5.11 Å². The number of anilines is 1. The van der Waals surface area contributed by atoms with Crippen molar-refractivity contribution in [1.82, 2.24) is 5.32 Å². The van der Waals surface area contributed by atoms with Crippen molar-refractivity contribution in [2.24, 2.45) is 0 Å². The lowest BCUT2D eigenvalue weighted by Gasteiger charge is -2.14. The molecule has 162 valence electrons. The van der Waals surface area contributed by atoms with Crippen LogP contribution in [0.3, 0.4) is 0 Å². The Morgan fingerprint density at radius 1 is 1.00 bits per heavy atom. The number of halogens is 1. The lowest BCUT2D eigenvalue weighted by atomic mass is 10.1. The van der Waals surface area contributed by atoms with Crippen LogP contribution in [0.1, 0.15) is 18.1 Å². The Hall–Kier alpha value is -3.71. The van der Waals surface area contributed by atoms with Crippen LogP contribution < -0.4 is 19.7 Å². The third kappa shape index (κ3) is 4.63. The Balaban J connectivity index is 1.55. The molecule has 3 aromatic carbocycles. The highest BCUT2D eigenvalue weighted by Gasteiger charge is 2.32. The Morgan fingerprint density at radius 3 is 2.47 bits per heavy atom. The van der Waals surface area contributed by atoms with Crippen molar-refractivity contribution in [2.45, 2.75) is 13.5 Å². The van der Waals surface area contributed by atoms with Crippen LogP contribution in [-0.2, 0) is 11.4 Å². The zero-order chi connectivity index (χ0) is 22.5. The molecule has 0 saturated carbocycles. The van der Waals surface area contributed by atoms with E-state index >= 15 is 0 Å². The van der Waals surface area contributed by atoms with Crippen LogP contribution in [0.5, 0.6) is 11.5 Å². The van der Waals surface area contributed by atoms with E-state index in [1.165, 1.54) is 11.0 Å². The molecule has 0 aliphatic carbocycles. The number of nitrogens with zero attached hydrogens (tertiary/aromatic N) is 1. The summed E-state index contributed by atoms with van der Waals surface area (Å²) >= 11 is 5.39. The van der Waals surface area contributed by atoms with E-state index in [-0.39, 0.29) is 23.4 Å². The highest BCUT2D eigenvalue weighted by molar-refractivity contribution is 7.80. The second-order valence-electron chi connectivity index (χ2n) is 6.97. The molecule has 1 fully saturated rings. The summed E-state index contributed by atoms with van der Waals surface area (Å²) in [5.74, 6) is 0.650. The number of nitrogens with one attached hydrogen (secondary N) is 1. The monoisotopic (exact) mass is 448 g/mol. The van der Waals surface area contributed by atoms with E-state index < -0.39 is 0 Å². The topological polar surface area (TPSA) is 50.8 Å². The summed E-state index contributed by atoms with van der Waals surface area (Å²) < 4.78 is 25.2. The first kappa shape index (κ1) is 21.5. The second kappa shape index (κ2) is 9.62. The van der Waals surface area contributed by atoms with E-state index in [2.05, 4.69) is 5.32 Å². The van der Waals surface area contributed by atoms with E-state index in [4.69, 9.17) is 21.7 Å². The summed E-state index contributed by atoms with van der Waals surface area (Å²) in [5.41, 5.74) is 2.10. The Labute approximate surface area is 191 Å². The Kier molecular flexibility index (Phi) is 6.47. The van der Waals surface area contributed by atoms with Gasteiger partial charge in [-0.2, -0.15) is 0 Å². The van der Waals surface area contributed by atoms with E-state index in [1.54, 1.807) is 54.6 Å².